The molecule has 0 spiro atoms. The van der Waals surface area contributed by atoms with Crippen LogP contribution in [0.1, 0.15) is 38.2 Å². The Morgan fingerprint density at radius 2 is 2.00 bits per heavy atom. The van der Waals surface area contributed by atoms with Gasteiger partial charge < -0.3 is 10.0 Å². The standard InChI is InChI=1S/C17H26FNO/c1-13-5-4-10-17(12-13,19(2)3)16(20)11-14-6-8-15(18)9-7-14/h6-9,13,16,20H,4-5,10-12H2,1-3H3. The second-order valence-electron chi connectivity index (χ2n) is 6.55. The van der Waals surface area contributed by atoms with E-state index in [-0.39, 0.29) is 11.4 Å². The predicted molar refractivity (Wildman–Crippen MR) is 80.2 cm³/mol. The molecule has 1 aliphatic rings. The number of hydrogen-bond donors (Lipinski definition) is 1. The second-order valence-corrected chi connectivity index (χ2v) is 6.55. The zero-order valence-electron chi connectivity index (χ0n) is 12.8. The third-order valence-electron chi connectivity index (χ3n) is 4.86. The lowest BCUT2D eigenvalue weighted by Crippen LogP contribution is -2.56. The molecular formula is C17H26FNO. The molecule has 0 aliphatic heterocycles. The van der Waals surface area contributed by atoms with E-state index in [0.717, 1.165) is 18.4 Å². The molecule has 3 heteroatoms. The average Bonchev–Trinajstić information content (AvgIpc) is 2.41. The molecular weight excluding hydrogens is 253 g/mol. The SMILES string of the molecule is CC1CCCC(C(O)Cc2ccc(F)cc2)(N(C)C)C1. The Labute approximate surface area is 121 Å². The predicted octanol–water partition coefficient (Wildman–Crippen LogP) is 3.24. The summed E-state index contributed by atoms with van der Waals surface area (Å²) in [7, 11) is 4.12. The molecule has 1 aliphatic carbocycles. The number of hydrogen-bond acceptors (Lipinski definition) is 2. The molecule has 0 heterocycles. The van der Waals surface area contributed by atoms with Gasteiger partial charge in [-0.3, -0.25) is 0 Å². The monoisotopic (exact) mass is 279 g/mol. The molecule has 1 aromatic rings. The maximum atomic E-state index is 13.0. The first-order chi connectivity index (χ1) is 9.44. The van der Waals surface area contributed by atoms with Crippen molar-refractivity contribution >= 4 is 0 Å². The van der Waals surface area contributed by atoms with Crippen LogP contribution in [0.25, 0.3) is 0 Å². The number of likely N-dealkylation sites (N-methyl/N-ethyl adjacent to an activating group) is 1. The van der Waals surface area contributed by atoms with Crippen LogP contribution in [0.5, 0.6) is 0 Å². The fourth-order valence-corrected chi connectivity index (χ4v) is 3.60. The van der Waals surface area contributed by atoms with Crippen molar-refractivity contribution < 1.29 is 9.50 Å². The molecule has 3 atom stereocenters. The van der Waals surface area contributed by atoms with Gasteiger partial charge in [-0.05, 0) is 50.6 Å². The Morgan fingerprint density at radius 1 is 1.35 bits per heavy atom. The summed E-state index contributed by atoms with van der Waals surface area (Å²) < 4.78 is 13.0. The Balaban J connectivity index is 2.14. The van der Waals surface area contributed by atoms with E-state index in [0.29, 0.717) is 12.3 Å². The minimum absolute atomic E-state index is 0.147. The van der Waals surface area contributed by atoms with Crippen molar-refractivity contribution in [1.82, 2.24) is 4.90 Å². The van der Waals surface area contributed by atoms with Crippen LogP contribution >= 0.6 is 0 Å². The summed E-state index contributed by atoms with van der Waals surface area (Å²) in [5.74, 6) is 0.422. The van der Waals surface area contributed by atoms with Crippen LogP contribution in [0.3, 0.4) is 0 Å². The lowest BCUT2D eigenvalue weighted by Gasteiger charge is -2.48. The van der Waals surface area contributed by atoms with Gasteiger partial charge in [0.1, 0.15) is 5.82 Å². The first-order valence-electron chi connectivity index (χ1n) is 7.54. The molecule has 1 aromatic carbocycles. The van der Waals surface area contributed by atoms with E-state index in [2.05, 4.69) is 25.9 Å². The number of halogens is 1. The summed E-state index contributed by atoms with van der Waals surface area (Å²) >= 11 is 0. The quantitative estimate of drug-likeness (QED) is 0.914. The average molecular weight is 279 g/mol. The van der Waals surface area contributed by atoms with Crippen LogP contribution < -0.4 is 0 Å². The number of nitrogens with zero attached hydrogens (tertiary/aromatic N) is 1. The van der Waals surface area contributed by atoms with Gasteiger partial charge in [-0.25, -0.2) is 4.39 Å². The topological polar surface area (TPSA) is 23.5 Å². The molecule has 0 aromatic heterocycles. The van der Waals surface area contributed by atoms with Crippen LogP contribution in [-0.2, 0) is 6.42 Å². The highest BCUT2D eigenvalue weighted by Crippen LogP contribution is 2.39. The maximum Gasteiger partial charge on any atom is 0.123 e. The van der Waals surface area contributed by atoms with E-state index in [1.54, 1.807) is 12.1 Å². The van der Waals surface area contributed by atoms with Crippen molar-refractivity contribution in [3.05, 3.63) is 35.6 Å². The second kappa shape index (κ2) is 6.23. The molecule has 3 unspecified atom stereocenters. The molecule has 0 saturated heterocycles. The highest BCUT2D eigenvalue weighted by atomic mass is 19.1. The minimum atomic E-state index is -0.411. The smallest absolute Gasteiger partial charge is 0.123 e. The summed E-state index contributed by atoms with van der Waals surface area (Å²) in [6.45, 7) is 2.27. The van der Waals surface area contributed by atoms with E-state index < -0.39 is 6.10 Å². The van der Waals surface area contributed by atoms with E-state index in [1.165, 1.54) is 25.0 Å². The highest BCUT2D eigenvalue weighted by molar-refractivity contribution is 5.18. The summed E-state index contributed by atoms with van der Waals surface area (Å²) in [6, 6.07) is 6.48. The Morgan fingerprint density at radius 3 is 2.55 bits per heavy atom. The summed E-state index contributed by atoms with van der Waals surface area (Å²) in [5, 5.41) is 10.8. The number of rotatable bonds is 4. The summed E-state index contributed by atoms with van der Waals surface area (Å²) in [6.07, 6.45) is 4.66. The van der Waals surface area contributed by atoms with Gasteiger partial charge in [0.05, 0.1) is 6.10 Å². The first kappa shape index (κ1) is 15.5. The zero-order chi connectivity index (χ0) is 14.8. The van der Waals surface area contributed by atoms with Crippen LogP contribution in [0.2, 0.25) is 0 Å². The van der Waals surface area contributed by atoms with Crippen LogP contribution in [0.4, 0.5) is 4.39 Å². The molecule has 0 radical (unpaired) electrons. The van der Waals surface area contributed by atoms with Gasteiger partial charge in [0.15, 0.2) is 0 Å². The summed E-state index contributed by atoms with van der Waals surface area (Å²) in [5.41, 5.74) is 0.852. The van der Waals surface area contributed by atoms with E-state index in [4.69, 9.17) is 0 Å². The fourth-order valence-electron chi connectivity index (χ4n) is 3.60. The minimum Gasteiger partial charge on any atom is -0.391 e. The van der Waals surface area contributed by atoms with Crippen LogP contribution in [0, 0.1) is 11.7 Å². The van der Waals surface area contributed by atoms with E-state index >= 15 is 0 Å². The Bertz CT molecular complexity index is 431. The van der Waals surface area contributed by atoms with Gasteiger partial charge in [-0.2, -0.15) is 0 Å². The molecule has 2 rings (SSSR count). The van der Waals surface area contributed by atoms with Crippen molar-refractivity contribution in [1.29, 1.82) is 0 Å². The third-order valence-corrected chi connectivity index (χ3v) is 4.86. The molecule has 0 bridgehead atoms. The van der Waals surface area contributed by atoms with Crippen molar-refractivity contribution in [3.63, 3.8) is 0 Å². The van der Waals surface area contributed by atoms with Crippen molar-refractivity contribution in [2.45, 2.75) is 50.7 Å². The Kier molecular flexibility index (Phi) is 4.82. The molecule has 112 valence electrons. The van der Waals surface area contributed by atoms with Gasteiger partial charge >= 0.3 is 0 Å². The highest BCUT2D eigenvalue weighted by Gasteiger charge is 2.42. The molecule has 20 heavy (non-hydrogen) atoms. The van der Waals surface area contributed by atoms with E-state index in [9.17, 15) is 9.50 Å². The van der Waals surface area contributed by atoms with Gasteiger partial charge in [-0.1, -0.05) is 31.9 Å². The molecule has 1 N–H and O–H groups in total. The summed E-state index contributed by atoms with van der Waals surface area (Å²) in [4.78, 5) is 2.19. The first-order valence-corrected chi connectivity index (χ1v) is 7.54. The maximum absolute atomic E-state index is 13.0. The van der Waals surface area contributed by atoms with Crippen LogP contribution in [-0.4, -0.2) is 35.7 Å². The van der Waals surface area contributed by atoms with Crippen molar-refractivity contribution in [3.8, 4) is 0 Å². The Hall–Kier alpha value is -0.930. The van der Waals surface area contributed by atoms with Crippen molar-refractivity contribution in [2.75, 3.05) is 14.1 Å². The number of aliphatic hydroxyl groups is 1. The fraction of sp³-hybridized carbons (Fsp3) is 0.647. The van der Waals surface area contributed by atoms with Gasteiger partial charge in [0.25, 0.3) is 0 Å². The normalized spacial score (nSPS) is 28.6. The number of aliphatic hydroxyl groups excluding tert-OH is 1. The largest absolute Gasteiger partial charge is 0.391 e. The lowest BCUT2D eigenvalue weighted by atomic mass is 9.71. The van der Waals surface area contributed by atoms with Gasteiger partial charge in [0.2, 0.25) is 0 Å². The van der Waals surface area contributed by atoms with Crippen LogP contribution in [0.15, 0.2) is 24.3 Å². The van der Waals surface area contributed by atoms with E-state index in [1.807, 2.05) is 0 Å². The molecule has 1 saturated carbocycles. The van der Waals surface area contributed by atoms with Crippen molar-refractivity contribution in [2.24, 2.45) is 5.92 Å². The molecule has 1 fully saturated rings. The molecule has 2 nitrogen and oxygen atoms in total. The number of benzene rings is 1. The zero-order valence-corrected chi connectivity index (χ0v) is 12.8. The van der Waals surface area contributed by atoms with Gasteiger partial charge in [-0.15, -0.1) is 0 Å². The van der Waals surface area contributed by atoms with Gasteiger partial charge in [0, 0.05) is 12.0 Å². The molecule has 0 amide bonds. The third kappa shape index (κ3) is 3.21. The lowest BCUT2D eigenvalue weighted by molar-refractivity contribution is -0.0424.